The van der Waals surface area contributed by atoms with E-state index < -0.39 is 3.79 Å². The Morgan fingerprint density at radius 3 is 2.33 bits per heavy atom. The average Bonchev–Trinajstić information content (AvgIpc) is 2.37. The fraction of sp³-hybridized carbons (Fsp3) is 1.00. The fourth-order valence-corrected chi connectivity index (χ4v) is 3.78. The van der Waals surface area contributed by atoms with Crippen LogP contribution in [-0.4, -0.2) is 3.79 Å². The third kappa shape index (κ3) is 1.58. The molecular weight excluding hydrogens is 214 g/mol. The maximum absolute atomic E-state index is 5.94. The van der Waals surface area contributed by atoms with Gasteiger partial charge in [0.25, 0.3) is 0 Å². The van der Waals surface area contributed by atoms with E-state index in [1.54, 1.807) is 0 Å². The highest BCUT2D eigenvalue weighted by molar-refractivity contribution is 6.67. The van der Waals surface area contributed by atoms with Crippen LogP contribution in [-0.2, 0) is 0 Å². The molecule has 2 rings (SSSR count). The predicted octanol–water partition coefficient (Wildman–Crippen LogP) is 4.18. The van der Waals surface area contributed by atoms with Crippen molar-refractivity contribution in [1.82, 2.24) is 0 Å². The zero-order chi connectivity index (χ0) is 8.77. The van der Waals surface area contributed by atoms with Gasteiger partial charge in [-0.3, -0.25) is 0 Å². The first-order valence-corrected chi connectivity index (χ1v) is 5.79. The monoisotopic (exact) mass is 226 g/mol. The summed E-state index contributed by atoms with van der Waals surface area (Å²) in [6.45, 7) is 0. The summed E-state index contributed by atoms with van der Waals surface area (Å²) < 4.78 is -1.01. The minimum absolute atomic E-state index is 0.329. The van der Waals surface area contributed by atoms with Crippen LogP contribution in [0.2, 0.25) is 0 Å². The summed E-state index contributed by atoms with van der Waals surface area (Å²) >= 11 is 17.8. The third-order valence-corrected chi connectivity index (χ3v) is 4.34. The first-order valence-electron chi connectivity index (χ1n) is 4.66. The van der Waals surface area contributed by atoms with Gasteiger partial charge in [-0.25, -0.2) is 0 Å². The molecule has 70 valence electrons. The summed E-state index contributed by atoms with van der Waals surface area (Å²) in [5, 5.41) is 0. The molecule has 0 amide bonds. The van der Waals surface area contributed by atoms with Gasteiger partial charge in [0, 0.05) is 5.92 Å². The maximum atomic E-state index is 5.94. The van der Waals surface area contributed by atoms with Crippen molar-refractivity contribution in [2.45, 2.75) is 35.9 Å². The molecule has 0 aromatic carbocycles. The molecule has 12 heavy (non-hydrogen) atoms. The second-order valence-electron chi connectivity index (χ2n) is 4.08. The lowest BCUT2D eigenvalue weighted by molar-refractivity contribution is 0.357. The maximum Gasteiger partial charge on any atom is 0.193 e. The topological polar surface area (TPSA) is 0 Å². The molecule has 0 bridgehead atoms. The van der Waals surface area contributed by atoms with Crippen LogP contribution >= 0.6 is 34.8 Å². The highest BCUT2D eigenvalue weighted by Gasteiger charge is 2.47. The van der Waals surface area contributed by atoms with Crippen molar-refractivity contribution >= 4 is 34.8 Å². The van der Waals surface area contributed by atoms with Gasteiger partial charge in [0.05, 0.1) is 0 Å². The van der Waals surface area contributed by atoms with Crippen molar-refractivity contribution in [2.24, 2.45) is 17.8 Å². The summed E-state index contributed by atoms with van der Waals surface area (Å²) in [4.78, 5) is 0. The zero-order valence-electron chi connectivity index (χ0n) is 6.90. The standard InChI is InChI=1S/C9H13Cl3/c10-9(11,12)8-5-4-6-2-1-3-7(6)8/h6-8H,1-5H2. The Balaban J connectivity index is 2.09. The minimum Gasteiger partial charge on any atom is -0.0834 e. The van der Waals surface area contributed by atoms with E-state index in [2.05, 4.69) is 0 Å². The molecule has 0 radical (unpaired) electrons. The zero-order valence-corrected chi connectivity index (χ0v) is 9.17. The van der Waals surface area contributed by atoms with Crippen LogP contribution in [0.1, 0.15) is 32.1 Å². The van der Waals surface area contributed by atoms with Gasteiger partial charge in [-0.15, -0.1) is 0 Å². The van der Waals surface area contributed by atoms with Gasteiger partial charge in [-0.05, 0) is 31.1 Å². The molecule has 3 atom stereocenters. The molecule has 0 aromatic rings. The molecule has 0 spiro atoms. The lowest BCUT2D eigenvalue weighted by Crippen LogP contribution is -2.23. The van der Waals surface area contributed by atoms with Crippen molar-refractivity contribution < 1.29 is 0 Å². The van der Waals surface area contributed by atoms with Gasteiger partial charge >= 0.3 is 0 Å². The molecule has 0 aliphatic heterocycles. The normalized spacial score (nSPS) is 41.8. The largest absolute Gasteiger partial charge is 0.193 e. The van der Waals surface area contributed by atoms with Crippen LogP contribution in [0.25, 0.3) is 0 Å². The van der Waals surface area contributed by atoms with Crippen LogP contribution in [0.15, 0.2) is 0 Å². The minimum atomic E-state index is -1.01. The van der Waals surface area contributed by atoms with Crippen molar-refractivity contribution in [3.8, 4) is 0 Å². The molecule has 0 aromatic heterocycles. The highest BCUT2D eigenvalue weighted by atomic mass is 35.6. The van der Waals surface area contributed by atoms with Gasteiger partial charge in [0.15, 0.2) is 3.79 Å². The van der Waals surface area contributed by atoms with Gasteiger partial charge in [-0.1, -0.05) is 47.6 Å². The first-order chi connectivity index (χ1) is 5.59. The van der Waals surface area contributed by atoms with Crippen molar-refractivity contribution in [3.05, 3.63) is 0 Å². The molecular formula is C9H13Cl3. The van der Waals surface area contributed by atoms with Crippen molar-refractivity contribution in [2.75, 3.05) is 0 Å². The number of rotatable bonds is 0. The van der Waals surface area contributed by atoms with E-state index in [9.17, 15) is 0 Å². The lowest BCUT2D eigenvalue weighted by Gasteiger charge is -2.25. The summed E-state index contributed by atoms with van der Waals surface area (Å²) in [6, 6.07) is 0. The Morgan fingerprint density at radius 2 is 1.67 bits per heavy atom. The van der Waals surface area contributed by atoms with Crippen molar-refractivity contribution in [3.63, 3.8) is 0 Å². The van der Waals surface area contributed by atoms with E-state index in [-0.39, 0.29) is 0 Å². The molecule has 2 saturated carbocycles. The quantitative estimate of drug-likeness (QED) is 0.545. The predicted molar refractivity (Wildman–Crippen MR) is 53.8 cm³/mol. The Bertz CT molecular complexity index is 173. The third-order valence-electron chi connectivity index (χ3n) is 3.50. The average molecular weight is 228 g/mol. The molecule has 0 saturated heterocycles. The summed E-state index contributed by atoms with van der Waals surface area (Å²) in [7, 11) is 0. The number of hydrogen-bond donors (Lipinski definition) is 0. The van der Waals surface area contributed by atoms with Crippen LogP contribution in [0.4, 0.5) is 0 Å². The molecule has 0 N–H and O–H groups in total. The second-order valence-corrected chi connectivity index (χ2v) is 6.45. The molecule has 2 fully saturated rings. The van der Waals surface area contributed by atoms with Crippen molar-refractivity contribution in [1.29, 1.82) is 0 Å². The molecule has 0 heterocycles. The SMILES string of the molecule is ClC(Cl)(Cl)C1CCC2CCCC21. The Hall–Kier alpha value is 0.870. The smallest absolute Gasteiger partial charge is 0.0834 e. The van der Waals surface area contributed by atoms with E-state index in [1.165, 1.54) is 25.7 Å². The van der Waals surface area contributed by atoms with Crippen LogP contribution in [0, 0.1) is 17.8 Å². The van der Waals surface area contributed by atoms with E-state index >= 15 is 0 Å². The molecule has 2 aliphatic carbocycles. The summed E-state index contributed by atoms with van der Waals surface area (Å²) in [5.41, 5.74) is 0. The highest BCUT2D eigenvalue weighted by Crippen LogP contribution is 2.55. The number of hydrogen-bond acceptors (Lipinski definition) is 0. The van der Waals surface area contributed by atoms with Crippen LogP contribution in [0.3, 0.4) is 0 Å². The van der Waals surface area contributed by atoms with E-state index in [0.29, 0.717) is 11.8 Å². The molecule has 2 aliphatic rings. The number of halogens is 3. The Kier molecular flexibility index (Phi) is 2.53. The molecule has 3 unspecified atom stereocenters. The van der Waals surface area contributed by atoms with Crippen LogP contribution in [0.5, 0.6) is 0 Å². The van der Waals surface area contributed by atoms with Gasteiger partial charge in [0.2, 0.25) is 0 Å². The van der Waals surface area contributed by atoms with Gasteiger partial charge < -0.3 is 0 Å². The van der Waals surface area contributed by atoms with E-state index in [1.807, 2.05) is 0 Å². The van der Waals surface area contributed by atoms with Crippen LogP contribution < -0.4 is 0 Å². The van der Waals surface area contributed by atoms with Gasteiger partial charge in [0.1, 0.15) is 0 Å². The second kappa shape index (κ2) is 3.22. The number of fused-ring (bicyclic) bond motifs is 1. The van der Waals surface area contributed by atoms with Gasteiger partial charge in [-0.2, -0.15) is 0 Å². The first kappa shape index (κ1) is 9.43. The molecule has 0 nitrogen and oxygen atoms in total. The molecule has 3 heteroatoms. The lowest BCUT2D eigenvalue weighted by atomic mass is 9.93. The Morgan fingerprint density at radius 1 is 0.917 bits per heavy atom. The summed E-state index contributed by atoms with van der Waals surface area (Å²) in [6.07, 6.45) is 6.38. The van der Waals surface area contributed by atoms with E-state index in [4.69, 9.17) is 34.8 Å². The summed E-state index contributed by atoms with van der Waals surface area (Å²) in [5.74, 6) is 1.90. The number of alkyl halides is 3. The van der Waals surface area contributed by atoms with E-state index in [0.717, 1.165) is 12.3 Å². The Labute approximate surface area is 88.6 Å². The fourth-order valence-electron chi connectivity index (χ4n) is 2.97.